The van der Waals surface area contributed by atoms with E-state index in [-0.39, 0.29) is 11.2 Å². The van der Waals surface area contributed by atoms with Crippen molar-refractivity contribution >= 4 is 6.03 Å². The van der Waals surface area contributed by atoms with Crippen molar-refractivity contribution in [3.05, 3.63) is 5.21 Å². The molecule has 0 saturated carbocycles. The van der Waals surface area contributed by atoms with Crippen LogP contribution in [0.3, 0.4) is 0 Å². The van der Waals surface area contributed by atoms with Crippen molar-refractivity contribution in [3.63, 3.8) is 0 Å². The molecule has 2 N–H and O–H groups in total. The number of rotatable bonds is 1. The molecule has 0 spiro atoms. The van der Waals surface area contributed by atoms with E-state index in [0.717, 1.165) is 0 Å². The van der Waals surface area contributed by atoms with Crippen molar-refractivity contribution in [3.8, 4) is 0 Å². The van der Waals surface area contributed by atoms with Crippen LogP contribution in [0, 0.1) is 5.21 Å². The molecule has 0 aromatic heterocycles. The molecule has 5 nitrogen and oxygen atoms in total. The number of hydroxylamine groups is 1. The molecule has 54 valence electrons. The summed E-state index contributed by atoms with van der Waals surface area (Å²) in [6, 6.07) is -0.387. The summed E-state index contributed by atoms with van der Waals surface area (Å²) >= 11 is 0. The molecule has 0 bridgehead atoms. The van der Waals surface area contributed by atoms with Gasteiger partial charge in [-0.3, -0.25) is 5.17 Å². The second-order valence-electron chi connectivity index (χ2n) is 1.88. The van der Waals surface area contributed by atoms with Crippen LogP contribution in [-0.4, -0.2) is 32.1 Å². The first-order valence-corrected chi connectivity index (χ1v) is 2.53. The van der Waals surface area contributed by atoms with Gasteiger partial charge in [-0.2, -0.15) is 5.43 Å². The fourth-order valence-corrected chi connectivity index (χ4v) is 0.262. The van der Waals surface area contributed by atoms with Crippen LogP contribution in [0.4, 0.5) is 4.79 Å². The molecule has 1 atom stereocenters. The van der Waals surface area contributed by atoms with E-state index in [0.29, 0.717) is 0 Å². The second kappa shape index (κ2) is 3.26. The summed E-state index contributed by atoms with van der Waals surface area (Å²) in [6.07, 6.45) is 0. The monoisotopic (exact) mass is 133 g/mol. The molecule has 0 aromatic carbocycles. The Balaban J connectivity index is 3.51. The predicted molar refractivity (Wildman–Crippen MR) is 32.5 cm³/mol. The lowest BCUT2D eigenvalue weighted by Gasteiger charge is -2.18. The van der Waals surface area contributed by atoms with Crippen LogP contribution in [-0.2, 0) is 0 Å². The average Bonchev–Trinajstić information content (AvgIpc) is 1.63. The zero-order chi connectivity index (χ0) is 7.44. The van der Waals surface area contributed by atoms with E-state index in [2.05, 4.69) is 5.43 Å². The average molecular weight is 133 g/mol. The highest BCUT2D eigenvalue weighted by molar-refractivity contribution is 5.71. The number of carbonyl (C=O) groups is 1. The summed E-state index contributed by atoms with van der Waals surface area (Å²) in [5.41, 5.74) is 2.09. The molecule has 5 heteroatoms. The van der Waals surface area contributed by atoms with Gasteiger partial charge in [-0.1, -0.05) is 0 Å². The molecule has 0 aliphatic carbocycles. The van der Waals surface area contributed by atoms with Gasteiger partial charge in [0.1, 0.15) is 0 Å². The van der Waals surface area contributed by atoms with Gasteiger partial charge in [-0.15, -0.1) is 0 Å². The molecule has 0 aliphatic heterocycles. The van der Waals surface area contributed by atoms with Gasteiger partial charge in [-0.25, -0.2) is 4.79 Å². The predicted octanol–water partition coefficient (Wildman–Crippen LogP) is -1.81. The molecule has 2 amide bonds. The summed E-state index contributed by atoms with van der Waals surface area (Å²) in [4.78, 5) is 11.8. The molecule has 0 aromatic rings. The van der Waals surface area contributed by atoms with E-state index in [1.807, 2.05) is 0 Å². The summed E-state index contributed by atoms with van der Waals surface area (Å²) in [6.45, 7) is 0. The number of hydrogen-bond donors (Lipinski definition) is 2. The minimum atomic E-state index is -0.387. The molecule has 0 aliphatic rings. The largest absolute Gasteiger partial charge is 0.608 e. The molecular formula is C4H11N3O2. The number of nitrogens with zero attached hydrogens (tertiary/aromatic N) is 1. The number of quaternary nitrogens is 1. The van der Waals surface area contributed by atoms with E-state index in [9.17, 15) is 10.0 Å². The SMILES string of the molecule is CN(C)C(=O)N[NH+](C)[O-]. The molecule has 0 radical (unpaired) electrons. The standard InChI is InChI=1S/C4H11N3O2/c1-6(2)4(8)5-7(3)9/h7H,1-3H3,(H,5,8). The summed E-state index contributed by atoms with van der Waals surface area (Å²) in [5.74, 6) is 0. The lowest BCUT2D eigenvalue weighted by atomic mass is 10.8. The first-order chi connectivity index (χ1) is 4.04. The van der Waals surface area contributed by atoms with E-state index in [4.69, 9.17) is 0 Å². The maximum absolute atomic E-state index is 10.5. The highest BCUT2D eigenvalue weighted by atomic mass is 16.5. The topological polar surface area (TPSA) is 59.8 Å². The minimum absolute atomic E-state index is 0.339. The number of nitrogens with one attached hydrogen (secondary N) is 2. The lowest BCUT2D eigenvalue weighted by molar-refractivity contribution is -0.865. The van der Waals surface area contributed by atoms with Crippen molar-refractivity contribution in [2.24, 2.45) is 0 Å². The van der Waals surface area contributed by atoms with Crippen molar-refractivity contribution < 1.29 is 9.97 Å². The first kappa shape index (κ1) is 8.19. The molecule has 0 rings (SSSR count). The Labute approximate surface area is 53.8 Å². The molecule has 0 heterocycles. The number of amides is 2. The van der Waals surface area contributed by atoms with Gasteiger partial charge in [0.05, 0.1) is 7.05 Å². The Bertz CT molecular complexity index is 102. The maximum Gasteiger partial charge on any atom is 0.361 e. The van der Waals surface area contributed by atoms with Crippen LogP contribution in [0.15, 0.2) is 0 Å². The van der Waals surface area contributed by atoms with Crippen molar-refractivity contribution in [2.75, 3.05) is 21.1 Å². The number of hydrogen-bond acceptors (Lipinski definition) is 2. The Hall–Kier alpha value is -0.810. The zero-order valence-electron chi connectivity index (χ0n) is 5.76. The summed E-state index contributed by atoms with van der Waals surface area (Å²) in [7, 11) is 4.43. The molecular weight excluding hydrogens is 122 g/mol. The highest BCUT2D eigenvalue weighted by Crippen LogP contribution is 1.69. The van der Waals surface area contributed by atoms with Gasteiger partial charge in [0.2, 0.25) is 0 Å². The Morgan fingerprint density at radius 2 is 2.11 bits per heavy atom. The molecule has 0 saturated heterocycles. The quantitative estimate of drug-likeness (QED) is 0.414. The summed E-state index contributed by atoms with van der Waals surface area (Å²) in [5, 5.41) is 9.86. The molecule has 9 heavy (non-hydrogen) atoms. The van der Waals surface area contributed by atoms with Crippen molar-refractivity contribution in [2.45, 2.75) is 0 Å². The van der Waals surface area contributed by atoms with Crippen molar-refractivity contribution in [1.29, 1.82) is 0 Å². The van der Waals surface area contributed by atoms with Crippen LogP contribution in [0.5, 0.6) is 0 Å². The normalized spacial score (nSPS) is 12.4. The van der Waals surface area contributed by atoms with Crippen molar-refractivity contribution in [1.82, 2.24) is 10.3 Å². The molecule has 0 fully saturated rings. The zero-order valence-corrected chi connectivity index (χ0v) is 5.76. The van der Waals surface area contributed by atoms with Crippen LogP contribution >= 0.6 is 0 Å². The third kappa shape index (κ3) is 3.75. The van der Waals surface area contributed by atoms with Gasteiger partial charge < -0.3 is 10.1 Å². The van der Waals surface area contributed by atoms with Crippen LogP contribution in [0.25, 0.3) is 0 Å². The van der Waals surface area contributed by atoms with Crippen LogP contribution in [0.1, 0.15) is 0 Å². The maximum atomic E-state index is 10.5. The number of carbonyl (C=O) groups excluding carboxylic acids is 1. The first-order valence-electron chi connectivity index (χ1n) is 2.53. The van der Waals surface area contributed by atoms with E-state index < -0.39 is 0 Å². The second-order valence-corrected chi connectivity index (χ2v) is 1.88. The van der Waals surface area contributed by atoms with E-state index in [1.54, 1.807) is 14.1 Å². The fraction of sp³-hybridized carbons (Fsp3) is 0.750. The fourth-order valence-electron chi connectivity index (χ4n) is 0.262. The third-order valence-electron chi connectivity index (χ3n) is 0.689. The summed E-state index contributed by atoms with van der Waals surface area (Å²) < 4.78 is 0. The van der Waals surface area contributed by atoms with Crippen LogP contribution < -0.4 is 10.6 Å². The smallest absolute Gasteiger partial charge is 0.361 e. The minimum Gasteiger partial charge on any atom is -0.608 e. The Kier molecular flexibility index (Phi) is 2.97. The van der Waals surface area contributed by atoms with Crippen LogP contribution in [0.2, 0.25) is 0 Å². The highest BCUT2D eigenvalue weighted by Gasteiger charge is 2.01. The van der Waals surface area contributed by atoms with E-state index >= 15 is 0 Å². The van der Waals surface area contributed by atoms with Gasteiger partial charge in [0, 0.05) is 14.1 Å². The lowest BCUT2D eigenvalue weighted by Crippen LogP contribution is -3.12. The van der Waals surface area contributed by atoms with Gasteiger partial charge >= 0.3 is 6.03 Å². The Morgan fingerprint density at radius 1 is 1.67 bits per heavy atom. The van der Waals surface area contributed by atoms with Gasteiger partial charge in [-0.05, 0) is 0 Å². The van der Waals surface area contributed by atoms with Gasteiger partial charge in [0.25, 0.3) is 0 Å². The third-order valence-corrected chi connectivity index (χ3v) is 0.689. The number of urea groups is 1. The van der Waals surface area contributed by atoms with E-state index in [1.165, 1.54) is 11.9 Å². The Morgan fingerprint density at radius 3 is 2.22 bits per heavy atom. The molecule has 1 unspecified atom stereocenters. The van der Waals surface area contributed by atoms with Gasteiger partial charge in [0.15, 0.2) is 0 Å².